The SMILES string of the molecule is NCCC(O)CNCC1CCC[C@@H](O[C@@H]2C(N)CC(NCC(O)CN)CC2O)O1. The highest BCUT2D eigenvalue weighted by Crippen LogP contribution is 2.27. The van der Waals surface area contributed by atoms with Crippen LogP contribution < -0.4 is 27.8 Å². The van der Waals surface area contributed by atoms with E-state index >= 15 is 0 Å². The van der Waals surface area contributed by atoms with E-state index in [0.29, 0.717) is 45.4 Å². The molecular formula is C19H41N5O5. The van der Waals surface area contributed by atoms with Gasteiger partial charge in [-0.05, 0) is 45.1 Å². The summed E-state index contributed by atoms with van der Waals surface area (Å²) in [6.45, 7) is 2.17. The molecule has 11 N–H and O–H groups in total. The van der Waals surface area contributed by atoms with Crippen molar-refractivity contribution in [1.82, 2.24) is 10.6 Å². The Balaban J connectivity index is 1.73. The molecule has 10 nitrogen and oxygen atoms in total. The highest BCUT2D eigenvalue weighted by Gasteiger charge is 2.38. The van der Waals surface area contributed by atoms with E-state index in [1.165, 1.54) is 0 Å². The molecule has 0 bridgehead atoms. The molecule has 10 heteroatoms. The first-order valence-electron chi connectivity index (χ1n) is 10.9. The third-order valence-electron chi connectivity index (χ3n) is 5.67. The maximum atomic E-state index is 10.5. The van der Waals surface area contributed by atoms with Crippen LogP contribution >= 0.6 is 0 Å². The van der Waals surface area contributed by atoms with Gasteiger partial charge in [-0.25, -0.2) is 0 Å². The number of hydrogen-bond acceptors (Lipinski definition) is 10. The fourth-order valence-electron chi connectivity index (χ4n) is 4.01. The van der Waals surface area contributed by atoms with E-state index in [2.05, 4.69) is 10.6 Å². The van der Waals surface area contributed by atoms with Gasteiger partial charge in [0.15, 0.2) is 6.29 Å². The third kappa shape index (κ3) is 8.70. The molecule has 0 radical (unpaired) electrons. The summed E-state index contributed by atoms with van der Waals surface area (Å²) in [5.74, 6) is 0. The summed E-state index contributed by atoms with van der Waals surface area (Å²) in [5.41, 5.74) is 17.1. The number of aliphatic hydroxyl groups excluding tert-OH is 3. The number of aliphatic hydroxyl groups is 3. The molecule has 8 atom stereocenters. The minimum absolute atomic E-state index is 0.00273. The van der Waals surface area contributed by atoms with Crippen molar-refractivity contribution in [2.45, 2.75) is 87.4 Å². The first-order chi connectivity index (χ1) is 13.9. The summed E-state index contributed by atoms with van der Waals surface area (Å²) < 4.78 is 12.1. The number of ether oxygens (including phenoxy) is 2. The van der Waals surface area contributed by atoms with Gasteiger partial charge in [0.2, 0.25) is 0 Å². The van der Waals surface area contributed by atoms with Gasteiger partial charge < -0.3 is 52.6 Å². The molecule has 0 spiro atoms. The molecule has 1 saturated heterocycles. The van der Waals surface area contributed by atoms with Crippen molar-refractivity contribution < 1.29 is 24.8 Å². The second kappa shape index (κ2) is 13.1. The Morgan fingerprint density at radius 3 is 2.59 bits per heavy atom. The van der Waals surface area contributed by atoms with Gasteiger partial charge in [-0.2, -0.15) is 0 Å². The second-order valence-corrected chi connectivity index (χ2v) is 8.31. The Morgan fingerprint density at radius 2 is 1.90 bits per heavy atom. The van der Waals surface area contributed by atoms with E-state index in [0.717, 1.165) is 19.3 Å². The molecule has 1 aliphatic heterocycles. The fraction of sp³-hybridized carbons (Fsp3) is 1.00. The van der Waals surface area contributed by atoms with Crippen LogP contribution in [0.1, 0.15) is 38.5 Å². The van der Waals surface area contributed by atoms with Crippen molar-refractivity contribution in [3.8, 4) is 0 Å². The Morgan fingerprint density at radius 1 is 1.10 bits per heavy atom. The van der Waals surface area contributed by atoms with Gasteiger partial charge in [0.05, 0.1) is 24.4 Å². The predicted octanol–water partition coefficient (Wildman–Crippen LogP) is -2.67. The van der Waals surface area contributed by atoms with E-state index < -0.39 is 30.7 Å². The number of nitrogens with one attached hydrogen (secondary N) is 2. The van der Waals surface area contributed by atoms with Crippen molar-refractivity contribution in [1.29, 1.82) is 0 Å². The normalized spacial score (nSPS) is 35.4. The first-order valence-corrected chi connectivity index (χ1v) is 10.9. The molecular weight excluding hydrogens is 378 g/mol. The molecule has 2 rings (SSSR count). The van der Waals surface area contributed by atoms with E-state index in [1.54, 1.807) is 0 Å². The summed E-state index contributed by atoms with van der Waals surface area (Å²) in [5, 5.41) is 36.3. The number of hydrogen-bond donors (Lipinski definition) is 8. The molecule has 0 aromatic heterocycles. The highest BCUT2D eigenvalue weighted by atomic mass is 16.7. The van der Waals surface area contributed by atoms with Crippen LogP contribution in [0.25, 0.3) is 0 Å². The fourth-order valence-corrected chi connectivity index (χ4v) is 4.01. The largest absolute Gasteiger partial charge is 0.392 e. The van der Waals surface area contributed by atoms with E-state index in [-0.39, 0.29) is 24.7 Å². The lowest BCUT2D eigenvalue weighted by molar-refractivity contribution is -0.237. The number of nitrogens with two attached hydrogens (primary N) is 3. The molecule has 1 heterocycles. The average Bonchev–Trinajstić information content (AvgIpc) is 2.69. The zero-order valence-electron chi connectivity index (χ0n) is 17.3. The topological polar surface area (TPSA) is 181 Å². The van der Waals surface area contributed by atoms with E-state index in [1.807, 2.05) is 0 Å². The van der Waals surface area contributed by atoms with Gasteiger partial charge in [0.25, 0.3) is 0 Å². The van der Waals surface area contributed by atoms with Crippen molar-refractivity contribution in [2.24, 2.45) is 17.2 Å². The third-order valence-corrected chi connectivity index (χ3v) is 5.67. The molecule has 0 amide bonds. The Hall–Kier alpha value is -0.400. The zero-order valence-corrected chi connectivity index (χ0v) is 17.3. The van der Waals surface area contributed by atoms with Crippen molar-refractivity contribution in [2.75, 3.05) is 32.7 Å². The summed E-state index contributed by atoms with van der Waals surface area (Å²) in [7, 11) is 0. The average molecular weight is 420 g/mol. The van der Waals surface area contributed by atoms with Crippen molar-refractivity contribution in [3.63, 3.8) is 0 Å². The quantitative estimate of drug-likeness (QED) is 0.166. The Kier molecular flexibility index (Phi) is 11.2. The van der Waals surface area contributed by atoms with Crippen molar-refractivity contribution >= 4 is 0 Å². The predicted molar refractivity (Wildman–Crippen MR) is 110 cm³/mol. The van der Waals surface area contributed by atoms with Gasteiger partial charge in [0.1, 0.15) is 6.10 Å². The molecule has 172 valence electrons. The molecule has 29 heavy (non-hydrogen) atoms. The number of rotatable bonds is 12. The minimum atomic E-state index is -0.695. The monoisotopic (exact) mass is 419 g/mol. The molecule has 0 aromatic carbocycles. The van der Waals surface area contributed by atoms with Crippen LogP contribution in [0.4, 0.5) is 0 Å². The van der Waals surface area contributed by atoms with Gasteiger partial charge >= 0.3 is 0 Å². The molecule has 6 unspecified atom stereocenters. The lowest BCUT2D eigenvalue weighted by atomic mass is 9.86. The first kappa shape index (κ1) is 24.9. The smallest absolute Gasteiger partial charge is 0.158 e. The van der Waals surface area contributed by atoms with Crippen molar-refractivity contribution in [3.05, 3.63) is 0 Å². The summed E-state index contributed by atoms with van der Waals surface area (Å²) >= 11 is 0. The maximum absolute atomic E-state index is 10.5. The van der Waals surface area contributed by atoms with Gasteiger partial charge in [-0.1, -0.05) is 0 Å². The van der Waals surface area contributed by atoms with Crippen LogP contribution in [0.5, 0.6) is 0 Å². The molecule has 2 fully saturated rings. The van der Waals surface area contributed by atoms with Gasteiger partial charge in [0, 0.05) is 38.3 Å². The lowest BCUT2D eigenvalue weighted by Crippen LogP contribution is -2.57. The van der Waals surface area contributed by atoms with E-state index in [4.69, 9.17) is 26.7 Å². The van der Waals surface area contributed by atoms with E-state index in [9.17, 15) is 15.3 Å². The Bertz CT molecular complexity index is 437. The van der Waals surface area contributed by atoms with Crippen LogP contribution in [0.15, 0.2) is 0 Å². The van der Waals surface area contributed by atoms with Crippen LogP contribution in [-0.4, -0.2) is 96.9 Å². The van der Waals surface area contributed by atoms with Crippen LogP contribution in [-0.2, 0) is 9.47 Å². The highest BCUT2D eigenvalue weighted by molar-refractivity contribution is 4.93. The summed E-state index contributed by atoms with van der Waals surface area (Å²) in [4.78, 5) is 0. The standard InChI is InChI=1S/C19H41N5O5/c20-5-4-13(25)9-23-11-15-2-1-3-18(28-15)29-19-16(22)6-12(7-17(19)27)24-10-14(26)8-21/h12-19,23-27H,1-11,20-22H2/t12?,13?,14?,15?,16?,17?,18-,19-/m1/s1. The minimum Gasteiger partial charge on any atom is -0.392 e. The maximum Gasteiger partial charge on any atom is 0.158 e. The molecule has 1 saturated carbocycles. The summed E-state index contributed by atoms with van der Waals surface area (Å²) in [6, 6.07) is -0.301. The van der Waals surface area contributed by atoms with Gasteiger partial charge in [-0.3, -0.25) is 0 Å². The lowest BCUT2D eigenvalue weighted by Gasteiger charge is -2.41. The Labute approximate surface area is 173 Å². The second-order valence-electron chi connectivity index (χ2n) is 8.31. The summed E-state index contributed by atoms with van der Waals surface area (Å²) in [6.07, 6.45) is 1.79. The molecule has 2 aliphatic rings. The van der Waals surface area contributed by atoms with Crippen LogP contribution in [0.3, 0.4) is 0 Å². The zero-order chi connectivity index (χ0) is 21.2. The van der Waals surface area contributed by atoms with Crippen LogP contribution in [0.2, 0.25) is 0 Å². The molecule has 1 aliphatic carbocycles. The molecule has 0 aromatic rings. The van der Waals surface area contributed by atoms with Crippen LogP contribution in [0, 0.1) is 0 Å². The van der Waals surface area contributed by atoms with Gasteiger partial charge in [-0.15, -0.1) is 0 Å².